The van der Waals surface area contributed by atoms with Gasteiger partial charge in [-0.25, -0.2) is 9.78 Å². The van der Waals surface area contributed by atoms with Crippen LogP contribution in [0.2, 0.25) is 0 Å². The standard InChI is InChI=1S/C22H22N6O3/c1-3-30-20-8-21(25-10-16(20)9-23)28-26-12-17(27-28)11-24-7-6-15-4-5-18-19(14(15)2)13-31-22(18)29/h4-5,8,10,12,24H,3,6-7,11,13H2,1-2H3. The molecule has 0 saturated carbocycles. The summed E-state index contributed by atoms with van der Waals surface area (Å²) in [5.74, 6) is 0.707. The molecule has 0 atom stereocenters. The Morgan fingerprint density at radius 1 is 1.35 bits per heavy atom. The molecule has 0 aliphatic carbocycles. The molecular weight excluding hydrogens is 396 g/mol. The Balaban J connectivity index is 1.35. The first-order valence-corrected chi connectivity index (χ1v) is 10.0. The van der Waals surface area contributed by atoms with Gasteiger partial charge in [-0.3, -0.25) is 0 Å². The summed E-state index contributed by atoms with van der Waals surface area (Å²) in [5, 5.41) is 21.2. The second-order valence-corrected chi connectivity index (χ2v) is 7.09. The largest absolute Gasteiger partial charge is 0.492 e. The molecule has 9 heteroatoms. The van der Waals surface area contributed by atoms with Crippen molar-refractivity contribution in [2.75, 3.05) is 13.2 Å². The minimum Gasteiger partial charge on any atom is -0.492 e. The Morgan fingerprint density at radius 3 is 3.03 bits per heavy atom. The molecule has 2 aromatic heterocycles. The van der Waals surface area contributed by atoms with Crippen LogP contribution in [0, 0.1) is 18.3 Å². The van der Waals surface area contributed by atoms with Gasteiger partial charge in [-0.15, -0.1) is 4.80 Å². The molecule has 1 aliphatic rings. The number of nitriles is 1. The van der Waals surface area contributed by atoms with E-state index in [0.29, 0.717) is 42.5 Å². The van der Waals surface area contributed by atoms with Gasteiger partial charge in [0.25, 0.3) is 0 Å². The molecule has 0 amide bonds. The topological polar surface area (TPSA) is 115 Å². The summed E-state index contributed by atoms with van der Waals surface area (Å²) >= 11 is 0. The van der Waals surface area contributed by atoms with Crippen molar-refractivity contribution in [1.29, 1.82) is 5.26 Å². The van der Waals surface area contributed by atoms with E-state index < -0.39 is 0 Å². The van der Waals surface area contributed by atoms with Crippen molar-refractivity contribution in [3.8, 4) is 17.6 Å². The smallest absolute Gasteiger partial charge is 0.338 e. The lowest BCUT2D eigenvalue weighted by Crippen LogP contribution is -2.18. The molecule has 1 aromatic carbocycles. The first-order chi connectivity index (χ1) is 15.1. The van der Waals surface area contributed by atoms with E-state index in [9.17, 15) is 4.79 Å². The van der Waals surface area contributed by atoms with Crippen molar-refractivity contribution < 1.29 is 14.3 Å². The Kier molecular flexibility index (Phi) is 5.91. The molecule has 31 heavy (non-hydrogen) atoms. The molecule has 4 rings (SSSR count). The average molecular weight is 418 g/mol. The maximum absolute atomic E-state index is 11.7. The first kappa shape index (κ1) is 20.5. The van der Waals surface area contributed by atoms with Crippen molar-refractivity contribution in [2.45, 2.75) is 33.4 Å². The number of cyclic esters (lactones) is 1. The fraction of sp³-hybridized carbons (Fsp3) is 0.318. The predicted molar refractivity (Wildman–Crippen MR) is 111 cm³/mol. The van der Waals surface area contributed by atoms with Crippen LogP contribution < -0.4 is 10.1 Å². The van der Waals surface area contributed by atoms with Crippen LogP contribution in [0.3, 0.4) is 0 Å². The maximum atomic E-state index is 11.7. The second kappa shape index (κ2) is 8.93. The SMILES string of the molecule is CCOc1cc(-n2ncc(CNCCc3ccc4c(c3C)COC4=O)n2)ncc1C#N. The molecule has 0 bridgehead atoms. The Labute approximate surface area is 179 Å². The highest BCUT2D eigenvalue weighted by atomic mass is 16.5. The van der Waals surface area contributed by atoms with Crippen LogP contribution in [0.25, 0.3) is 5.82 Å². The van der Waals surface area contributed by atoms with Crippen LogP contribution in [0.15, 0.2) is 30.6 Å². The summed E-state index contributed by atoms with van der Waals surface area (Å²) in [6.45, 7) is 6.01. The van der Waals surface area contributed by atoms with Crippen molar-refractivity contribution in [3.63, 3.8) is 0 Å². The van der Waals surface area contributed by atoms with E-state index in [4.69, 9.17) is 14.7 Å². The Morgan fingerprint density at radius 2 is 2.23 bits per heavy atom. The van der Waals surface area contributed by atoms with E-state index in [1.807, 2.05) is 26.0 Å². The highest BCUT2D eigenvalue weighted by Crippen LogP contribution is 2.26. The molecule has 0 saturated heterocycles. The Bertz CT molecular complexity index is 1160. The van der Waals surface area contributed by atoms with E-state index in [1.165, 1.54) is 16.6 Å². The molecule has 1 N–H and O–H groups in total. The lowest BCUT2D eigenvalue weighted by molar-refractivity contribution is 0.0535. The highest BCUT2D eigenvalue weighted by molar-refractivity contribution is 5.93. The predicted octanol–water partition coefficient (Wildman–Crippen LogP) is 2.24. The lowest BCUT2D eigenvalue weighted by Gasteiger charge is -2.09. The minimum absolute atomic E-state index is 0.240. The second-order valence-electron chi connectivity index (χ2n) is 7.09. The van der Waals surface area contributed by atoms with E-state index >= 15 is 0 Å². The summed E-state index contributed by atoms with van der Waals surface area (Å²) in [6.07, 6.45) is 3.96. The summed E-state index contributed by atoms with van der Waals surface area (Å²) in [7, 11) is 0. The molecular formula is C22H22N6O3. The van der Waals surface area contributed by atoms with Crippen molar-refractivity contribution in [3.05, 3.63) is 64.1 Å². The Hall–Kier alpha value is -3.77. The number of carbonyl (C=O) groups is 1. The fourth-order valence-corrected chi connectivity index (χ4v) is 3.49. The zero-order valence-electron chi connectivity index (χ0n) is 17.4. The number of nitrogens with one attached hydrogen (secondary N) is 1. The van der Waals surface area contributed by atoms with Crippen LogP contribution in [-0.4, -0.2) is 39.1 Å². The zero-order valence-corrected chi connectivity index (χ0v) is 17.4. The van der Waals surface area contributed by atoms with Gasteiger partial charge in [0.05, 0.1) is 30.3 Å². The minimum atomic E-state index is -0.240. The third kappa shape index (κ3) is 4.25. The monoisotopic (exact) mass is 418 g/mol. The van der Waals surface area contributed by atoms with Crippen LogP contribution >= 0.6 is 0 Å². The number of ether oxygens (including phenoxy) is 2. The quantitative estimate of drug-likeness (QED) is 0.437. The molecule has 9 nitrogen and oxygen atoms in total. The zero-order chi connectivity index (χ0) is 21.8. The van der Waals surface area contributed by atoms with Gasteiger partial charge in [0.15, 0.2) is 5.82 Å². The maximum Gasteiger partial charge on any atom is 0.338 e. The normalized spacial score (nSPS) is 12.4. The van der Waals surface area contributed by atoms with Gasteiger partial charge in [-0.05, 0) is 44.0 Å². The van der Waals surface area contributed by atoms with Crippen LogP contribution in [0.5, 0.6) is 5.75 Å². The summed E-state index contributed by atoms with van der Waals surface area (Å²) in [5.41, 5.74) is 5.12. The highest BCUT2D eigenvalue weighted by Gasteiger charge is 2.23. The summed E-state index contributed by atoms with van der Waals surface area (Å²) in [4.78, 5) is 17.3. The van der Waals surface area contributed by atoms with Crippen LogP contribution in [0.4, 0.5) is 0 Å². The van der Waals surface area contributed by atoms with Gasteiger partial charge in [-0.1, -0.05) is 6.07 Å². The van der Waals surface area contributed by atoms with E-state index in [0.717, 1.165) is 29.8 Å². The number of fused-ring (bicyclic) bond motifs is 1. The third-order valence-corrected chi connectivity index (χ3v) is 5.17. The number of hydrogen-bond acceptors (Lipinski definition) is 8. The van der Waals surface area contributed by atoms with Crippen molar-refractivity contribution in [1.82, 2.24) is 25.3 Å². The third-order valence-electron chi connectivity index (χ3n) is 5.17. The van der Waals surface area contributed by atoms with Gasteiger partial charge in [-0.2, -0.15) is 15.5 Å². The number of benzene rings is 1. The average Bonchev–Trinajstić information content (AvgIpc) is 3.40. The first-order valence-electron chi connectivity index (χ1n) is 10.0. The molecule has 3 aromatic rings. The van der Waals surface area contributed by atoms with E-state index in [-0.39, 0.29) is 5.97 Å². The number of pyridine rings is 1. The number of aromatic nitrogens is 4. The van der Waals surface area contributed by atoms with Gasteiger partial charge in [0.2, 0.25) is 0 Å². The van der Waals surface area contributed by atoms with Crippen molar-refractivity contribution >= 4 is 5.97 Å². The number of nitrogens with zero attached hydrogens (tertiary/aromatic N) is 5. The number of hydrogen-bond donors (Lipinski definition) is 1. The fourth-order valence-electron chi connectivity index (χ4n) is 3.49. The van der Waals surface area contributed by atoms with Crippen LogP contribution in [-0.2, 0) is 24.3 Å². The molecule has 0 spiro atoms. The van der Waals surface area contributed by atoms with E-state index in [2.05, 4.69) is 26.6 Å². The molecule has 0 radical (unpaired) electrons. The summed E-state index contributed by atoms with van der Waals surface area (Å²) < 4.78 is 10.6. The number of esters is 1. The van der Waals surface area contributed by atoms with Gasteiger partial charge >= 0.3 is 5.97 Å². The lowest BCUT2D eigenvalue weighted by atomic mass is 9.97. The van der Waals surface area contributed by atoms with Gasteiger partial charge in [0, 0.05) is 18.2 Å². The van der Waals surface area contributed by atoms with Crippen molar-refractivity contribution in [2.24, 2.45) is 0 Å². The molecule has 3 heterocycles. The van der Waals surface area contributed by atoms with Gasteiger partial charge in [0.1, 0.15) is 24.0 Å². The van der Waals surface area contributed by atoms with Gasteiger partial charge < -0.3 is 14.8 Å². The number of carbonyl (C=O) groups excluding carboxylic acids is 1. The summed E-state index contributed by atoms with van der Waals surface area (Å²) in [6, 6.07) is 7.56. The van der Waals surface area contributed by atoms with E-state index in [1.54, 1.807) is 12.3 Å². The molecule has 1 aliphatic heterocycles. The molecule has 0 unspecified atom stereocenters. The molecule has 0 fully saturated rings. The molecule has 158 valence electrons. The van der Waals surface area contributed by atoms with Crippen LogP contribution in [0.1, 0.15) is 45.2 Å². The number of rotatable bonds is 8.